The van der Waals surface area contributed by atoms with E-state index >= 15 is 0 Å². The molecule has 1 rings (SSSR count). The summed E-state index contributed by atoms with van der Waals surface area (Å²) in [7, 11) is 0. The van der Waals surface area contributed by atoms with Crippen LogP contribution in [0.4, 0.5) is 0 Å². The summed E-state index contributed by atoms with van der Waals surface area (Å²) in [4.78, 5) is 0. The van der Waals surface area contributed by atoms with Crippen LogP contribution in [-0.2, 0) is 6.42 Å². The smallest absolute Gasteiger partial charge is 0.126 e. The molecule has 0 N–H and O–H groups in total. The van der Waals surface area contributed by atoms with Gasteiger partial charge in [-0.05, 0) is 24.5 Å². The van der Waals surface area contributed by atoms with Crippen molar-refractivity contribution in [2.24, 2.45) is 0 Å². The molecule has 0 saturated heterocycles. The minimum absolute atomic E-state index is 0.784. The standard InChI is InChI=1S/C16H22O/c1-4-7-8-12-17-16-13-14(9-5-2)10-11-15(16)6-3/h5-6,10-11,13H,2-4,7-9,12H2,1H3. The number of hydrogen-bond acceptors (Lipinski definition) is 1. The van der Waals surface area contributed by atoms with Gasteiger partial charge >= 0.3 is 0 Å². The molecule has 0 spiro atoms. The van der Waals surface area contributed by atoms with E-state index in [1.807, 2.05) is 12.2 Å². The lowest BCUT2D eigenvalue weighted by molar-refractivity contribution is 0.305. The van der Waals surface area contributed by atoms with Crippen LogP contribution in [0.25, 0.3) is 6.08 Å². The molecule has 17 heavy (non-hydrogen) atoms. The largest absolute Gasteiger partial charge is 0.493 e. The highest BCUT2D eigenvalue weighted by Gasteiger charge is 2.02. The van der Waals surface area contributed by atoms with Crippen LogP contribution >= 0.6 is 0 Å². The number of unbranched alkanes of at least 4 members (excludes halogenated alkanes) is 2. The lowest BCUT2D eigenvalue weighted by Crippen LogP contribution is -1.99. The lowest BCUT2D eigenvalue weighted by Gasteiger charge is -2.10. The van der Waals surface area contributed by atoms with E-state index < -0.39 is 0 Å². The molecule has 0 aliphatic carbocycles. The molecular formula is C16H22O. The quantitative estimate of drug-likeness (QED) is 0.467. The van der Waals surface area contributed by atoms with E-state index in [0.717, 1.165) is 30.8 Å². The molecule has 1 aromatic carbocycles. The SMILES string of the molecule is C=CCc1ccc(C=C)c(OCCCCC)c1. The lowest BCUT2D eigenvalue weighted by atomic mass is 10.1. The molecule has 0 radical (unpaired) electrons. The molecule has 0 fully saturated rings. The topological polar surface area (TPSA) is 9.23 Å². The zero-order valence-electron chi connectivity index (χ0n) is 10.7. The minimum atomic E-state index is 0.784. The first-order valence-corrected chi connectivity index (χ1v) is 6.30. The van der Waals surface area contributed by atoms with Gasteiger partial charge in [0.2, 0.25) is 0 Å². The zero-order valence-corrected chi connectivity index (χ0v) is 10.7. The van der Waals surface area contributed by atoms with E-state index in [0.29, 0.717) is 0 Å². The van der Waals surface area contributed by atoms with E-state index in [2.05, 4.69) is 38.3 Å². The molecule has 0 unspecified atom stereocenters. The molecule has 0 aromatic heterocycles. The van der Waals surface area contributed by atoms with Crippen LogP contribution in [-0.4, -0.2) is 6.61 Å². The second-order valence-corrected chi connectivity index (χ2v) is 4.12. The van der Waals surface area contributed by atoms with E-state index in [-0.39, 0.29) is 0 Å². The van der Waals surface area contributed by atoms with Crippen molar-refractivity contribution in [3.8, 4) is 5.75 Å². The summed E-state index contributed by atoms with van der Waals surface area (Å²) in [6.07, 6.45) is 8.17. The fourth-order valence-corrected chi connectivity index (χ4v) is 1.70. The monoisotopic (exact) mass is 230 g/mol. The highest BCUT2D eigenvalue weighted by Crippen LogP contribution is 2.22. The van der Waals surface area contributed by atoms with Gasteiger partial charge in [-0.25, -0.2) is 0 Å². The van der Waals surface area contributed by atoms with Crippen LogP contribution in [0.15, 0.2) is 37.4 Å². The average molecular weight is 230 g/mol. The van der Waals surface area contributed by atoms with Gasteiger partial charge in [0.1, 0.15) is 5.75 Å². The van der Waals surface area contributed by atoms with Gasteiger partial charge in [-0.2, -0.15) is 0 Å². The Morgan fingerprint density at radius 3 is 2.71 bits per heavy atom. The summed E-state index contributed by atoms with van der Waals surface area (Å²) in [5, 5.41) is 0. The van der Waals surface area contributed by atoms with Gasteiger partial charge in [-0.3, -0.25) is 0 Å². The molecular weight excluding hydrogens is 208 g/mol. The molecule has 92 valence electrons. The number of ether oxygens (including phenoxy) is 1. The van der Waals surface area contributed by atoms with E-state index in [4.69, 9.17) is 4.74 Å². The van der Waals surface area contributed by atoms with Crippen LogP contribution in [0.3, 0.4) is 0 Å². The van der Waals surface area contributed by atoms with Crippen molar-refractivity contribution in [1.29, 1.82) is 0 Å². The summed E-state index contributed by atoms with van der Waals surface area (Å²) in [6, 6.07) is 6.24. The first kappa shape index (κ1) is 13.6. The van der Waals surface area contributed by atoms with Crippen molar-refractivity contribution in [1.82, 2.24) is 0 Å². The molecule has 0 heterocycles. The second-order valence-electron chi connectivity index (χ2n) is 4.12. The van der Waals surface area contributed by atoms with Gasteiger partial charge in [0.25, 0.3) is 0 Å². The highest BCUT2D eigenvalue weighted by molar-refractivity contribution is 5.56. The molecule has 1 aromatic rings. The van der Waals surface area contributed by atoms with Crippen LogP contribution in [0.2, 0.25) is 0 Å². The van der Waals surface area contributed by atoms with Crippen molar-refractivity contribution in [2.75, 3.05) is 6.61 Å². The molecule has 0 aliphatic rings. The van der Waals surface area contributed by atoms with Gasteiger partial charge in [-0.1, -0.05) is 50.6 Å². The van der Waals surface area contributed by atoms with Gasteiger partial charge in [0, 0.05) is 5.56 Å². The van der Waals surface area contributed by atoms with Crippen molar-refractivity contribution in [3.63, 3.8) is 0 Å². The maximum absolute atomic E-state index is 5.81. The summed E-state index contributed by atoms with van der Waals surface area (Å²) in [5.74, 6) is 0.940. The molecule has 0 bridgehead atoms. The average Bonchev–Trinajstić information content (AvgIpc) is 2.35. The van der Waals surface area contributed by atoms with E-state index in [1.54, 1.807) is 0 Å². The molecule has 0 amide bonds. The summed E-state index contributed by atoms with van der Waals surface area (Å²) < 4.78 is 5.81. The van der Waals surface area contributed by atoms with Crippen LogP contribution < -0.4 is 4.74 Å². The fraction of sp³-hybridized carbons (Fsp3) is 0.375. The number of rotatable bonds is 8. The number of benzene rings is 1. The maximum atomic E-state index is 5.81. The predicted octanol–water partition coefficient (Wildman–Crippen LogP) is 4.63. The number of allylic oxidation sites excluding steroid dienone is 1. The Morgan fingerprint density at radius 1 is 1.24 bits per heavy atom. The maximum Gasteiger partial charge on any atom is 0.126 e. The third-order valence-corrected chi connectivity index (χ3v) is 2.68. The normalized spacial score (nSPS) is 9.94. The summed E-state index contributed by atoms with van der Waals surface area (Å²) in [6.45, 7) is 10.5. The van der Waals surface area contributed by atoms with Gasteiger partial charge < -0.3 is 4.74 Å². The molecule has 1 nitrogen and oxygen atoms in total. The van der Waals surface area contributed by atoms with Crippen molar-refractivity contribution in [3.05, 3.63) is 48.6 Å². The van der Waals surface area contributed by atoms with E-state index in [1.165, 1.54) is 18.4 Å². The van der Waals surface area contributed by atoms with E-state index in [9.17, 15) is 0 Å². The Kier molecular flexibility index (Phi) is 6.16. The molecule has 0 aliphatic heterocycles. The van der Waals surface area contributed by atoms with Crippen LogP contribution in [0.1, 0.15) is 37.3 Å². The Morgan fingerprint density at radius 2 is 2.06 bits per heavy atom. The Bertz CT molecular complexity index is 366. The second kappa shape index (κ2) is 7.72. The van der Waals surface area contributed by atoms with Gasteiger partial charge in [0.05, 0.1) is 6.61 Å². The highest BCUT2D eigenvalue weighted by atomic mass is 16.5. The van der Waals surface area contributed by atoms with Crippen molar-refractivity contribution < 1.29 is 4.74 Å². The molecule has 1 heteroatoms. The number of hydrogen-bond donors (Lipinski definition) is 0. The van der Waals surface area contributed by atoms with Gasteiger partial charge in [0.15, 0.2) is 0 Å². The van der Waals surface area contributed by atoms with Gasteiger partial charge in [-0.15, -0.1) is 6.58 Å². The molecule has 0 saturated carbocycles. The van der Waals surface area contributed by atoms with Crippen LogP contribution in [0, 0.1) is 0 Å². The third-order valence-electron chi connectivity index (χ3n) is 2.68. The first-order chi connectivity index (χ1) is 8.31. The van der Waals surface area contributed by atoms with Crippen LogP contribution in [0.5, 0.6) is 5.75 Å². The Balaban J connectivity index is 2.68. The van der Waals surface area contributed by atoms with Crippen molar-refractivity contribution in [2.45, 2.75) is 32.6 Å². The molecule has 0 atom stereocenters. The first-order valence-electron chi connectivity index (χ1n) is 6.30. The summed E-state index contributed by atoms with van der Waals surface area (Å²) in [5.41, 5.74) is 2.30. The Labute approximate surface area is 105 Å². The summed E-state index contributed by atoms with van der Waals surface area (Å²) >= 11 is 0. The predicted molar refractivity (Wildman–Crippen MR) is 75.5 cm³/mol. The third kappa shape index (κ3) is 4.48. The minimum Gasteiger partial charge on any atom is -0.493 e. The zero-order chi connectivity index (χ0) is 12.5. The van der Waals surface area contributed by atoms with Crippen molar-refractivity contribution >= 4 is 6.08 Å². The Hall–Kier alpha value is -1.50. The fourth-order valence-electron chi connectivity index (χ4n) is 1.70.